The number of benzene rings is 3. The van der Waals surface area contributed by atoms with Crippen LogP contribution in [-0.4, -0.2) is 22.7 Å². The maximum atomic E-state index is 11.3. The fourth-order valence-corrected chi connectivity index (χ4v) is 4.31. The summed E-state index contributed by atoms with van der Waals surface area (Å²) in [5.74, 6) is 0. The summed E-state index contributed by atoms with van der Waals surface area (Å²) >= 11 is 0. The molecule has 1 aliphatic rings. The van der Waals surface area contributed by atoms with Gasteiger partial charge in [-0.2, -0.15) is 0 Å². The summed E-state index contributed by atoms with van der Waals surface area (Å²) < 4.78 is 0. The highest BCUT2D eigenvalue weighted by Crippen LogP contribution is 2.34. The molecule has 3 heteroatoms. The number of aromatic nitrogens is 1. The lowest BCUT2D eigenvalue weighted by molar-refractivity contribution is 0.115. The summed E-state index contributed by atoms with van der Waals surface area (Å²) in [6.07, 6.45) is 2.79. The summed E-state index contributed by atoms with van der Waals surface area (Å²) in [5.41, 5.74) is 3.88. The van der Waals surface area contributed by atoms with Gasteiger partial charge in [-0.25, -0.2) is 4.98 Å². The van der Waals surface area contributed by atoms with Crippen molar-refractivity contribution in [2.45, 2.75) is 31.4 Å². The SMILES string of the molecule is OC(c1cc(-c2ccccc2)nc2cc3ccccc3cc12)C1CCCCN1. The molecular formula is C25H24N2O. The third kappa shape index (κ3) is 3.17. The predicted octanol–water partition coefficient (Wildman–Crippen LogP) is 5.23. The highest BCUT2D eigenvalue weighted by molar-refractivity contribution is 5.99. The number of hydrogen-bond donors (Lipinski definition) is 2. The molecule has 5 rings (SSSR count). The highest BCUT2D eigenvalue weighted by atomic mass is 16.3. The standard InChI is InChI=1S/C25H24N2O/c28-25(22-12-6-7-13-26-22)21-16-23(17-8-2-1-3-9-17)27-24-15-19-11-5-4-10-18(19)14-20(21)24/h1-5,8-11,14-16,22,25-26,28H,6-7,12-13H2. The van der Waals surface area contributed by atoms with Crippen LogP contribution in [0.3, 0.4) is 0 Å². The second-order valence-electron chi connectivity index (χ2n) is 7.68. The fraction of sp³-hybridized carbons (Fsp3) is 0.240. The van der Waals surface area contributed by atoms with E-state index in [-0.39, 0.29) is 6.04 Å². The Labute approximate surface area is 165 Å². The van der Waals surface area contributed by atoms with Crippen LogP contribution in [0.15, 0.2) is 72.8 Å². The van der Waals surface area contributed by atoms with Gasteiger partial charge in [0.25, 0.3) is 0 Å². The van der Waals surface area contributed by atoms with Gasteiger partial charge in [0.1, 0.15) is 0 Å². The van der Waals surface area contributed by atoms with E-state index in [1.807, 2.05) is 18.2 Å². The zero-order valence-corrected chi connectivity index (χ0v) is 15.8. The molecule has 1 fully saturated rings. The molecule has 0 aliphatic carbocycles. The Morgan fingerprint density at radius 2 is 1.64 bits per heavy atom. The zero-order valence-electron chi connectivity index (χ0n) is 15.8. The van der Waals surface area contributed by atoms with Crippen molar-refractivity contribution in [3.05, 3.63) is 78.4 Å². The van der Waals surface area contributed by atoms with Crippen molar-refractivity contribution in [3.63, 3.8) is 0 Å². The van der Waals surface area contributed by atoms with E-state index < -0.39 is 6.10 Å². The molecule has 140 valence electrons. The van der Waals surface area contributed by atoms with Gasteiger partial charge >= 0.3 is 0 Å². The van der Waals surface area contributed by atoms with Crippen LogP contribution in [0.2, 0.25) is 0 Å². The first-order chi connectivity index (χ1) is 13.8. The molecule has 1 aromatic heterocycles. The lowest BCUT2D eigenvalue weighted by Crippen LogP contribution is -2.38. The summed E-state index contributed by atoms with van der Waals surface area (Å²) in [4.78, 5) is 4.95. The van der Waals surface area contributed by atoms with Crippen molar-refractivity contribution in [2.24, 2.45) is 0 Å². The molecule has 2 heterocycles. The number of hydrogen-bond acceptors (Lipinski definition) is 3. The second kappa shape index (κ2) is 7.34. The van der Waals surface area contributed by atoms with Gasteiger partial charge < -0.3 is 10.4 Å². The Hall–Kier alpha value is -2.75. The van der Waals surface area contributed by atoms with Crippen LogP contribution in [-0.2, 0) is 0 Å². The molecule has 3 nitrogen and oxygen atoms in total. The summed E-state index contributed by atoms with van der Waals surface area (Å²) in [5, 5.41) is 18.2. The lowest BCUT2D eigenvalue weighted by Gasteiger charge is -2.29. The third-order valence-corrected chi connectivity index (χ3v) is 5.83. The smallest absolute Gasteiger partial charge is 0.0950 e. The van der Waals surface area contributed by atoms with Gasteiger partial charge in [0.15, 0.2) is 0 Å². The molecule has 0 bridgehead atoms. The predicted molar refractivity (Wildman–Crippen MR) is 115 cm³/mol. The van der Waals surface area contributed by atoms with E-state index in [1.54, 1.807) is 0 Å². The zero-order chi connectivity index (χ0) is 18.9. The highest BCUT2D eigenvalue weighted by Gasteiger charge is 2.25. The van der Waals surface area contributed by atoms with Crippen molar-refractivity contribution >= 4 is 21.7 Å². The maximum absolute atomic E-state index is 11.3. The second-order valence-corrected chi connectivity index (χ2v) is 7.68. The molecule has 1 saturated heterocycles. The Morgan fingerprint density at radius 1 is 0.893 bits per heavy atom. The van der Waals surface area contributed by atoms with Gasteiger partial charge in [-0.3, -0.25) is 0 Å². The Kier molecular flexibility index (Phi) is 4.55. The van der Waals surface area contributed by atoms with Crippen LogP contribution in [0.25, 0.3) is 32.9 Å². The van der Waals surface area contributed by atoms with Gasteiger partial charge in [-0.15, -0.1) is 0 Å². The van der Waals surface area contributed by atoms with Gasteiger partial charge in [-0.05, 0) is 53.9 Å². The first-order valence-corrected chi connectivity index (χ1v) is 10.1. The van der Waals surface area contributed by atoms with E-state index in [0.717, 1.165) is 47.1 Å². The van der Waals surface area contributed by atoms with Crippen molar-refractivity contribution in [3.8, 4) is 11.3 Å². The van der Waals surface area contributed by atoms with Crippen molar-refractivity contribution < 1.29 is 5.11 Å². The minimum absolute atomic E-state index is 0.0921. The monoisotopic (exact) mass is 368 g/mol. The Morgan fingerprint density at radius 3 is 2.39 bits per heavy atom. The summed E-state index contributed by atoms with van der Waals surface area (Å²) in [6, 6.07) is 25.0. The topological polar surface area (TPSA) is 45.2 Å². The van der Waals surface area contributed by atoms with Crippen LogP contribution < -0.4 is 5.32 Å². The van der Waals surface area contributed by atoms with Crippen LogP contribution in [0.1, 0.15) is 30.9 Å². The normalized spacial score (nSPS) is 18.4. The first-order valence-electron chi connectivity index (χ1n) is 10.1. The summed E-state index contributed by atoms with van der Waals surface area (Å²) in [6.45, 7) is 0.971. The fourth-order valence-electron chi connectivity index (χ4n) is 4.31. The van der Waals surface area contributed by atoms with Crippen LogP contribution in [0.4, 0.5) is 0 Å². The minimum atomic E-state index is -0.547. The largest absolute Gasteiger partial charge is 0.387 e. The van der Waals surface area contributed by atoms with Crippen LogP contribution in [0, 0.1) is 0 Å². The Bertz CT molecular complexity index is 1120. The lowest BCUT2D eigenvalue weighted by atomic mass is 9.91. The molecule has 2 unspecified atom stereocenters. The molecule has 1 aliphatic heterocycles. The van der Waals surface area contributed by atoms with Gasteiger partial charge in [0.2, 0.25) is 0 Å². The van der Waals surface area contributed by atoms with E-state index >= 15 is 0 Å². The van der Waals surface area contributed by atoms with Crippen molar-refractivity contribution in [1.82, 2.24) is 10.3 Å². The molecule has 2 atom stereocenters. The number of rotatable bonds is 3. The molecule has 2 N–H and O–H groups in total. The van der Waals surface area contributed by atoms with Crippen LogP contribution >= 0.6 is 0 Å². The molecule has 0 amide bonds. The van der Waals surface area contributed by atoms with E-state index in [4.69, 9.17) is 4.98 Å². The number of aliphatic hydroxyl groups excluding tert-OH is 1. The van der Waals surface area contributed by atoms with Gasteiger partial charge in [-0.1, -0.05) is 61.0 Å². The van der Waals surface area contributed by atoms with E-state index in [9.17, 15) is 5.11 Å². The average molecular weight is 368 g/mol. The summed E-state index contributed by atoms with van der Waals surface area (Å²) in [7, 11) is 0. The molecule has 3 aromatic carbocycles. The quantitative estimate of drug-likeness (QED) is 0.487. The number of aliphatic hydroxyl groups is 1. The molecule has 0 saturated carbocycles. The minimum Gasteiger partial charge on any atom is -0.387 e. The Balaban J connectivity index is 1.73. The van der Waals surface area contributed by atoms with E-state index in [1.165, 1.54) is 17.2 Å². The van der Waals surface area contributed by atoms with Crippen molar-refractivity contribution in [1.29, 1.82) is 0 Å². The maximum Gasteiger partial charge on any atom is 0.0950 e. The molecule has 28 heavy (non-hydrogen) atoms. The molecular weight excluding hydrogens is 344 g/mol. The van der Waals surface area contributed by atoms with E-state index in [2.05, 4.69) is 59.9 Å². The van der Waals surface area contributed by atoms with E-state index in [0.29, 0.717) is 0 Å². The first kappa shape index (κ1) is 17.4. The van der Waals surface area contributed by atoms with Gasteiger partial charge in [0, 0.05) is 17.0 Å². The number of piperidine rings is 1. The average Bonchev–Trinajstić information content (AvgIpc) is 2.77. The van der Waals surface area contributed by atoms with Crippen LogP contribution in [0.5, 0.6) is 0 Å². The van der Waals surface area contributed by atoms with Crippen molar-refractivity contribution in [2.75, 3.05) is 6.54 Å². The molecule has 4 aromatic rings. The third-order valence-electron chi connectivity index (χ3n) is 5.83. The number of pyridine rings is 1. The molecule has 0 radical (unpaired) electrons. The number of fused-ring (bicyclic) bond motifs is 2. The molecule has 0 spiro atoms. The number of nitrogens with zero attached hydrogens (tertiary/aromatic N) is 1. The number of nitrogens with one attached hydrogen (secondary N) is 1. The van der Waals surface area contributed by atoms with Gasteiger partial charge in [0.05, 0.1) is 17.3 Å².